The lowest BCUT2D eigenvalue weighted by molar-refractivity contribution is 0.0793. The summed E-state index contributed by atoms with van der Waals surface area (Å²) in [5.41, 5.74) is 1.45. The van der Waals surface area contributed by atoms with Gasteiger partial charge in [0.15, 0.2) is 11.6 Å². The van der Waals surface area contributed by atoms with Gasteiger partial charge in [0.2, 0.25) is 0 Å². The molecule has 1 aliphatic heterocycles. The summed E-state index contributed by atoms with van der Waals surface area (Å²) in [6, 6.07) is 10.3. The molecule has 1 fully saturated rings. The van der Waals surface area contributed by atoms with Gasteiger partial charge in [0, 0.05) is 24.7 Å². The predicted molar refractivity (Wildman–Crippen MR) is 82.3 cm³/mol. The molecule has 1 saturated heterocycles. The second kappa shape index (κ2) is 6.77. The highest BCUT2D eigenvalue weighted by Gasteiger charge is 2.19. The highest BCUT2D eigenvalue weighted by molar-refractivity contribution is 5.94. The molecule has 0 unspecified atom stereocenters. The van der Waals surface area contributed by atoms with Crippen LogP contribution in [0.25, 0.3) is 0 Å². The third kappa shape index (κ3) is 3.67. The van der Waals surface area contributed by atoms with E-state index in [1.54, 1.807) is 24.3 Å². The molecule has 5 heteroatoms. The molecule has 1 heterocycles. The second-order valence-electron chi connectivity index (χ2n) is 5.56. The number of hydrogen-bond donors (Lipinski definition) is 0. The summed E-state index contributed by atoms with van der Waals surface area (Å²) in [4.78, 5) is 14.1. The van der Waals surface area contributed by atoms with E-state index in [-0.39, 0.29) is 18.3 Å². The minimum absolute atomic E-state index is 0.00335. The molecule has 3 nitrogen and oxygen atoms in total. The van der Waals surface area contributed by atoms with Crippen LogP contribution in [0.2, 0.25) is 0 Å². The summed E-state index contributed by atoms with van der Waals surface area (Å²) in [6.07, 6.45) is 2.11. The van der Waals surface area contributed by atoms with E-state index in [2.05, 4.69) is 0 Å². The number of carbonyl (C=O) groups is 1. The van der Waals surface area contributed by atoms with Crippen LogP contribution in [0.3, 0.4) is 0 Å². The van der Waals surface area contributed by atoms with Crippen LogP contribution in [-0.4, -0.2) is 23.9 Å². The molecule has 1 amide bonds. The van der Waals surface area contributed by atoms with Crippen molar-refractivity contribution in [2.24, 2.45) is 0 Å². The summed E-state index contributed by atoms with van der Waals surface area (Å²) in [5.74, 6) is -1.33. The molecule has 0 saturated carbocycles. The molecule has 2 aromatic carbocycles. The Kier molecular flexibility index (Phi) is 4.55. The van der Waals surface area contributed by atoms with Crippen LogP contribution in [0.4, 0.5) is 8.78 Å². The summed E-state index contributed by atoms with van der Waals surface area (Å²) >= 11 is 0. The standard InChI is InChI=1S/C18H17F2NO2/c19-15-7-8-17(16(20)11-15)23-12-13-3-5-14(6-4-13)18(22)21-9-1-2-10-21/h3-8,11H,1-2,9-10,12H2. The summed E-state index contributed by atoms with van der Waals surface area (Å²) < 4.78 is 31.6. The maximum Gasteiger partial charge on any atom is 0.253 e. The van der Waals surface area contributed by atoms with Crippen molar-refractivity contribution in [3.05, 3.63) is 65.2 Å². The van der Waals surface area contributed by atoms with E-state index in [0.717, 1.165) is 43.6 Å². The Balaban J connectivity index is 1.62. The van der Waals surface area contributed by atoms with Gasteiger partial charge in [-0.2, -0.15) is 0 Å². The number of carbonyl (C=O) groups excluding carboxylic acids is 1. The zero-order valence-electron chi connectivity index (χ0n) is 12.6. The van der Waals surface area contributed by atoms with Gasteiger partial charge in [-0.3, -0.25) is 4.79 Å². The lowest BCUT2D eigenvalue weighted by Gasteiger charge is -2.15. The fourth-order valence-electron chi connectivity index (χ4n) is 2.60. The molecular weight excluding hydrogens is 300 g/mol. The van der Waals surface area contributed by atoms with Crippen molar-refractivity contribution in [3.8, 4) is 5.75 Å². The van der Waals surface area contributed by atoms with Crippen molar-refractivity contribution in [2.45, 2.75) is 19.4 Å². The number of amides is 1. The van der Waals surface area contributed by atoms with Crippen molar-refractivity contribution >= 4 is 5.91 Å². The van der Waals surface area contributed by atoms with Crippen molar-refractivity contribution in [2.75, 3.05) is 13.1 Å². The number of benzene rings is 2. The van der Waals surface area contributed by atoms with E-state index in [1.807, 2.05) is 4.90 Å². The van der Waals surface area contributed by atoms with Crippen LogP contribution in [0.1, 0.15) is 28.8 Å². The number of halogens is 2. The molecule has 2 aromatic rings. The molecule has 120 valence electrons. The monoisotopic (exact) mass is 317 g/mol. The van der Waals surface area contributed by atoms with E-state index in [1.165, 1.54) is 6.07 Å². The predicted octanol–water partition coefficient (Wildman–Crippen LogP) is 3.78. The highest BCUT2D eigenvalue weighted by atomic mass is 19.1. The maximum atomic E-state index is 13.5. The minimum atomic E-state index is -0.731. The van der Waals surface area contributed by atoms with Gasteiger partial charge in [-0.1, -0.05) is 12.1 Å². The minimum Gasteiger partial charge on any atom is -0.486 e. The highest BCUT2D eigenvalue weighted by Crippen LogP contribution is 2.19. The first-order chi connectivity index (χ1) is 11.1. The number of nitrogens with zero attached hydrogens (tertiary/aromatic N) is 1. The van der Waals surface area contributed by atoms with Crippen LogP contribution >= 0.6 is 0 Å². The van der Waals surface area contributed by atoms with Crippen LogP contribution in [-0.2, 0) is 6.61 Å². The van der Waals surface area contributed by atoms with Gasteiger partial charge >= 0.3 is 0 Å². The van der Waals surface area contributed by atoms with E-state index in [4.69, 9.17) is 4.74 Å². The fourth-order valence-corrected chi connectivity index (χ4v) is 2.60. The molecule has 0 N–H and O–H groups in total. The first kappa shape index (κ1) is 15.5. The van der Waals surface area contributed by atoms with Crippen LogP contribution in [0, 0.1) is 11.6 Å². The van der Waals surface area contributed by atoms with Gasteiger partial charge in [0.25, 0.3) is 5.91 Å². The number of ether oxygens (including phenoxy) is 1. The van der Waals surface area contributed by atoms with Crippen LogP contribution < -0.4 is 4.74 Å². The van der Waals surface area contributed by atoms with Gasteiger partial charge in [0.1, 0.15) is 12.4 Å². The molecule has 23 heavy (non-hydrogen) atoms. The van der Waals surface area contributed by atoms with Gasteiger partial charge < -0.3 is 9.64 Å². The van der Waals surface area contributed by atoms with Crippen molar-refractivity contribution in [1.29, 1.82) is 0 Å². The fraction of sp³-hybridized carbons (Fsp3) is 0.278. The summed E-state index contributed by atoms with van der Waals surface area (Å²) in [5, 5.41) is 0. The number of likely N-dealkylation sites (tertiary alicyclic amines) is 1. The van der Waals surface area contributed by atoms with E-state index >= 15 is 0 Å². The van der Waals surface area contributed by atoms with Crippen molar-refractivity contribution < 1.29 is 18.3 Å². The Morgan fingerprint density at radius 3 is 2.39 bits per heavy atom. The summed E-state index contributed by atoms with van der Waals surface area (Å²) in [6.45, 7) is 1.78. The summed E-state index contributed by atoms with van der Waals surface area (Å²) in [7, 11) is 0. The first-order valence-corrected chi connectivity index (χ1v) is 7.59. The molecule has 0 aromatic heterocycles. The van der Waals surface area contributed by atoms with Gasteiger partial charge in [0.05, 0.1) is 0 Å². The Labute approximate surface area is 133 Å². The van der Waals surface area contributed by atoms with Crippen molar-refractivity contribution in [1.82, 2.24) is 4.90 Å². The van der Waals surface area contributed by atoms with E-state index in [9.17, 15) is 13.6 Å². The van der Waals surface area contributed by atoms with E-state index in [0.29, 0.717) is 5.56 Å². The average Bonchev–Trinajstić information content (AvgIpc) is 3.08. The third-order valence-electron chi connectivity index (χ3n) is 3.88. The molecule has 0 atom stereocenters. The van der Waals surface area contributed by atoms with Crippen molar-refractivity contribution in [3.63, 3.8) is 0 Å². The lowest BCUT2D eigenvalue weighted by Crippen LogP contribution is -2.27. The average molecular weight is 317 g/mol. The zero-order chi connectivity index (χ0) is 16.2. The van der Waals surface area contributed by atoms with Crippen LogP contribution in [0.15, 0.2) is 42.5 Å². The lowest BCUT2D eigenvalue weighted by atomic mass is 10.1. The molecule has 1 aliphatic rings. The second-order valence-corrected chi connectivity index (χ2v) is 5.56. The number of hydrogen-bond acceptors (Lipinski definition) is 2. The largest absolute Gasteiger partial charge is 0.486 e. The van der Waals surface area contributed by atoms with Gasteiger partial charge in [-0.05, 0) is 42.7 Å². The molecule has 0 bridgehead atoms. The SMILES string of the molecule is O=C(c1ccc(COc2ccc(F)cc2F)cc1)N1CCCC1. The Morgan fingerprint density at radius 2 is 1.74 bits per heavy atom. The normalized spacial score (nSPS) is 14.1. The smallest absolute Gasteiger partial charge is 0.253 e. The Hall–Kier alpha value is -2.43. The first-order valence-electron chi connectivity index (χ1n) is 7.59. The Morgan fingerprint density at radius 1 is 1.04 bits per heavy atom. The quantitative estimate of drug-likeness (QED) is 0.859. The molecule has 0 spiro atoms. The molecule has 0 radical (unpaired) electrons. The zero-order valence-corrected chi connectivity index (χ0v) is 12.6. The topological polar surface area (TPSA) is 29.5 Å². The molecule has 3 rings (SSSR count). The maximum absolute atomic E-state index is 13.5. The van der Waals surface area contributed by atoms with E-state index < -0.39 is 11.6 Å². The van der Waals surface area contributed by atoms with Gasteiger partial charge in [-0.15, -0.1) is 0 Å². The molecular formula is C18H17F2NO2. The van der Waals surface area contributed by atoms with Gasteiger partial charge in [-0.25, -0.2) is 8.78 Å². The van der Waals surface area contributed by atoms with Crippen LogP contribution in [0.5, 0.6) is 5.75 Å². The third-order valence-corrected chi connectivity index (χ3v) is 3.88. The number of rotatable bonds is 4. The Bertz CT molecular complexity index is 695. The molecule has 0 aliphatic carbocycles.